The number of benzene rings is 3. The number of imidazole rings is 1. The van der Waals surface area contributed by atoms with Crippen LogP contribution in [0.2, 0.25) is 5.02 Å². The normalized spacial score (nSPS) is 11.3. The van der Waals surface area contributed by atoms with Gasteiger partial charge in [-0.2, -0.15) is 0 Å². The summed E-state index contributed by atoms with van der Waals surface area (Å²) in [4.78, 5) is 16.9. The van der Waals surface area contributed by atoms with Crippen LogP contribution in [0.15, 0.2) is 90.0 Å². The van der Waals surface area contributed by atoms with Crippen molar-refractivity contribution < 1.29 is 13.2 Å². The lowest BCUT2D eigenvalue weighted by Gasteiger charge is -2.09. The number of nitrogens with one attached hydrogen (secondary N) is 1. The van der Waals surface area contributed by atoms with Crippen molar-refractivity contribution in [2.75, 3.05) is 0 Å². The number of halogens is 1. The largest absolute Gasteiger partial charge is 0.333 e. The van der Waals surface area contributed by atoms with Crippen LogP contribution in [0, 0.1) is 0 Å². The Morgan fingerprint density at radius 2 is 1.52 bits per heavy atom. The predicted molar refractivity (Wildman–Crippen MR) is 120 cm³/mol. The van der Waals surface area contributed by atoms with Crippen LogP contribution in [0.1, 0.15) is 10.5 Å². The van der Waals surface area contributed by atoms with Crippen molar-refractivity contribution in [2.24, 2.45) is 7.05 Å². The molecule has 1 amide bonds. The summed E-state index contributed by atoms with van der Waals surface area (Å²) in [6.07, 6.45) is 1.49. The van der Waals surface area contributed by atoms with Crippen molar-refractivity contribution in [2.45, 2.75) is 4.90 Å². The quantitative estimate of drug-likeness (QED) is 0.483. The number of amides is 1. The minimum absolute atomic E-state index is 0.0176. The number of aryl methyl sites for hydroxylation is 1. The first kappa shape index (κ1) is 20.8. The van der Waals surface area contributed by atoms with E-state index < -0.39 is 15.9 Å². The van der Waals surface area contributed by atoms with Crippen molar-refractivity contribution in [3.8, 4) is 22.5 Å². The van der Waals surface area contributed by atoms with Gasteiger partial charge < -0.3 is 4.57 Å². The smallest absolute Gasteiger partial charge is 0.285 e. The molecular weight excluding hydrogens is 434 g/mol. The number of hydrogen-bond donors (Lipinski definition) is 1. The zero-order valence-corrected chi connectivity index (χ0v) is 18.1. The molecule has 0 aliphatic rings. The van der Waals surface area contributed by atoms with Gasteiger partial charge in [-0.1, -0.05) is 78.3 Å². The zero-order valence-electron chi connectivity index (χ0n) is 16.5. The van der Waals surface area contributed by atoms with E-state index in [0.29, 0.717) is 5.82 Å². The summed E-state index contributed by atoms with van der Waals surface area (Å²) in [5, 5.41) is 0.0290. The highest BCUT2D eigenvalue weighted by molar-refractivity contribution is 7.90. The van der Waals surface area contributed by atoms with Gasteiger partial charge in [-0.05, 0) is 23.3 Å². The van der Waals surface area contributed by atoms with Gasteiger partial charge >= 0.3 is 0 Å². The van der Waals surface area contributed by atoms with E-state index >= 15 is 0 Å². The summed E-state index contributed by atoms with van der Waals surface area (Å²) in [6.45, 7) is 0. The van der Waals surface area contributed by atoms with Gasteiger partial charge in [0.15, 0.2) is 0 Å². The lowest BCUT2D eigenvalue weighted by atomic mass is 9.99. The highest BCUT2D eigenvalue weighted by Crippen LogP contribution is 2.31. The second kappa shape index (κ2) is 8.37. The molecule has 1 heterocycles. The van der Waals surface area contributed by atoms with E-state index in [-0.39, 0.29) is 15.6 Å². The highest BCUT2D eigenvalue weighted by atomic mass is 35.5. The average Bonchev–Trinajstić information content (AvgIpc) is 3.16. The second-order valence-electron chi connectivity index (χ2n) is 6.84. The number of nitrogens with zero attached hydrogens (tertiary/aromatic N) is 2. The fourth-order valence-corrected chi connectivity index (χ4v) is 4.75. The summed E-state index contributed by atoms with van der Waals surface area (Å²) >= 11 is 5.97. The molecule has 0 spiro atoms. The molecule has 1 N–H and O–H groups in total. The van der Waals surface area contributed by atoms with Crippen LogP contribution in [0.5, 0.6) is 0 Å². The van der Waals surface area contributed by atoms with Gasteiger partial charge in [0.05, 0.1) is 5.02 Å². The summed E-state index contributed by atoms with van der Waals surface area (Å²) in [5.41, 5.74) is 2.76. The fourth-order valence-electron chi connectivity index (χ4n) is 3.27. The van der Waals surface area contributed by atoms with Crippen molar-refractivity contribution in [1.82, 2.24) is 14.3 Å². The lowest BCUT2D eigenvalue weighted by molar-refractivity contribution is 0.0977. The maximum atomic E-state index is 12.7. The number of rotatable bonds is 5. The van der Waals surface area contributed by atoms with E-state index in [1.165, 1.54) is 24.4 Å². The molecule has 8 heteroatoms. The van der Waals surface area contributed by atoms with Gasteiger partial charge in [-0.25, -0.2) is 18.1 Å². The third-order valence-electron chi connectivity index (χ3n) is 4.72. The Morgan fingerprint density at radius 3 is 2.23 bits per heavy atom. The van der Waals surface area contributed by atoms with Gasteiger partial charge in [-0.3, -0.25) is 4.79 Å². The summed E-state index contributed by atoms with van der Waals surface area (Å²) in [5.74, 6) is -0.293. The van der Waals surface area contributed by atoms with Crippen LogP contribution in [-0.2, 0) is 17.1 Å². The van der Waals surface area contributed by atoms with E-state index in [1.807, 2.05) is 59.3 Å². The third-order valence-corrected chi connectivity index (χ3v) is 6.55. The van der Waals surface area contributed by atoms with Gasteiger partial charge in [0.1, 0.15) is 16.4 Å². The number of aromatic nitrogens is 2. The third kappa shape index (κ3) is 4.23. The molecule has 0 saturated heterocycles. The van der Waals surface area contributed by atoms with Gasteiger partial charge in [0.25, 0.3) is 15.9 Å². The maximum absolute atomic E-state index is 12.7. The van der Waals surface area contributed by atoms with Crippen molar-refractivity contribution in [1.29, 1.82) is 0 Å². The Labute approximate surface area is 185 Å². The summed E-state index contributed by atoms with van der Waals surface area (Å²) in [7, 11) is -2.39. The van der Waals surface area contributed by atoms with Crippen LogP contribution in [0.4, 0.5) is 0 Å². The molecule has 156 valence electrons. The molecule has 0 saturated carbocycles. The Kier molecular flexibility index (Phi) is 5.63. The molecule has 4 aromatic rings. The second-order valence-corrected chi connectivity index (χ2v) is 8.90. The molecule has 4 rings (SSSR count). The van der Waals surface area contributed by atoms with Crippen LogP contribution in [0.25, 0.3) is 22.5 Å². The summed E-state index contributed by atoms with van der Waals surface area (Å²) < 4.78 is 28.9. The molecule has 0 bridgehead atoms. The van der Waals surface area contributed by atoms with E-state index in [4.69, 9.17) is 11.6 Å². The maximum Gasteiger partial charge on any atom is 0.285 e. The SMILES string of the molecule is Cn1cc(C(=O)NS(=O)(=O)c2ccccc2Cl)nc1-c1ccccc1-c1ccccc1. The molecule has 0 aliphatic carbocycles. The molecule has 1 aromatic heterocycles. The Balaban J connectivity index is 1.68. The monoisotopic (exact) mass is 451 g/mol. The molecule has 0 fully saturated rings. The number of sulfonamides is 1. The minimum atomic E-state index is -4.14. The van der Waals surface area contributed by atoms with E-state index in [2.05, 4.69) is 4.98 Å². The van der Waals surface area contributed by atoms with Crippen LogP contribution in [-0.4, -0.2) is 23.9 Å². The first-order chi connectivity index (χ1) is 14.9. The van der Waals surface area contributed by atoms with Crippen LogP contribution >= 0.6 is 11.6 Å². The molecule has 0 unspecified atom stereocenters. The molecule has 0 atom stereocenters. The highest BCUT2D eigenvalue weighted by Gasteiger charge is 2.24. The topological polar surface area (TPSA) is 81.1 Å². The van der Waals surface area contributed by atoms with E-state index in [1.54, 1.807) is 17.7 Å². The van der Waals surface area contributed by atoms with Crippen LogP contribution in [0.3, 0.4) is 0 Å². The standard InChI is InChI=1S/C23H18ClN3O3S/c1-27-15-20(23(28)26-31(29,30)21-14-8-7-13-19(21)24)25-22(27)18-12-6-5-11-17(18)16-9-3-2-4-10-16/h2-15H,1H3,(H,26,28). The van der Waals surface area contributed by atoms with Gasteiger partial charge in [0.2, 0.25) is 0 Å². The molecule has 3 aromatic carbocycles. The lowest BCUT2D eigenvalue weighted by Crippen LogP contribution is -2.31. The Hall–Kier alpha value is -3.42. The number of hydrogen-bond acceptors (Lipinski definition) is 4. The predicted octanol–water partition coefficient (Wildman–Crippen LogP) is 4.53. The molecule has 0 aliphatic heterocycles. The molecular formula is C23H18ClN3O3S. The molecule has 31 heavy (non-hydrogen) atoms. The first-order valence-electron chi connectivity index (χ1n) is 9.36. The van der Waals surface area contributed by atoms with E-state index in [0.717, 1.165) is 16.7 Å². The fraction of sp³-hybridized carbons (Fsp3) is 0.0435. The average molecular weight is 452 g/mol. The van der Waals surface area contributed by atoms with Crippen molar-refractivity contribution in [3.63, 3.8) is 0 Å². The summed E-state index contributed by atoms with van der Waals surface area (Å²) in [6, 6.07) is 23.4. The minimum Gasteiger partial charge on any atom is -0.333 e. The Morgan fingerprint density at radius 1 is 0.903 bits per heavy atom. The zero-order chi connectivity index (χ0) is 22.0. The van der Waals surface area contributed by atoms with Gasteiger partial charge in [0, 0.05) is 18.8 Å². The van der Waals surface area contributed by atoms with Crippen molar-refractivity contribution >= 4 is 27.5 Å². The molecule has 0 radical (unpaired) electrons. The number of carbonyl (C=O) groups is 1. The molecule has 6 nitrogen and oxygen atoms in total. The van der Waals surface area contributed by atoms with E-state index in [9.17, 15) is 13.2 Å². The van der Waals surface area contributed by atoms with Gasteiger partial charge in [-0.15, -0.1) is 0 Å². The number of carbonyl (C=O) groups excluding carboxylic acids is 1. The van der Waals surface area contributed by atoms with Crippen molar-refractivity contribution in [3.05, 3.63) is 95.8 Å². The Bertz CT molecular complexity index is 1370. The first-order valence-corrected chi connectivity index (χ1v) is 11.2. The van der Waals surface area contributed by atoms with Crippen LogP contribution < -0.4 is 4.72 Å².